The lowest BCUT2D eigenvalue weighted by atomic mass is 10.1. The van der Waals surface area contributed by atoms with Gasteiger partial charge in [-0.05, 0) is 103 Å². The average molecular weight is 793 g/mol. The highest BCUT2D eigenvalue weighted by atomic mass is 16.6. The predicted octanol–water partition coefficient (Wildman–Crippen LogP) is 14.9. The molecule has 6 nitrogen and oxygen atoms in total. The number of rotatable bonds is 40. The Morgan fingerprint density at radius 2 is 0.632 bits per heavy atom. The molecule has 0 saturated heterocycles. The molecule has 1 atom stereocenters. The van der Waals surface area contributed by atoms with E-state index in [2.05, 4.69) is 106 Å². The van der Waals surface area contributed by atoms with Gasteiger partial charge < -0.3 is 14.2 Å². The Kier molecular flexibility index (Phi) is 42.6. The van der Waals surface area contributed by atoms with Crippen molar-refractivity contribution in [2.75, 3.05) is 13.2 Å². The molecule has 0 aromatic carbocycles. The van der Waals surface area contributed by atoms with E-state index in [-0.39, 0.29) is 31.1 Å². The quantitative estimate of drug-likeness (QED) is 0.0266. The molecule has 0 aromatic rings. The zero-order chi connectivity index (χ0) is 41.5. The number of carbonyl (C=O) groups is 3. The number of ether oxygens (including phenoxy) is 3. The maximum absolute atomic E-state index is 12.7. The van der Waals surface area contributed by atoms with Gasteiger partial charge in [-0.25, -0.2) is 0 Å². The Morgan fingerprint density at radius 1 is 0.351 bits per heavy atom. The number of hydrogen-bond donors (Lipinski definition) is 0. The minimum Gasteiger partial charge on any atom is -0.462 e. The normalized spacial score (nSPS) is 12.8. The molecule has 0 fully saturated rings. The van der Waals surface area contributed by atoms with Crippen molar-refractivity contribution in [3.8, 4) is 0 Å². The summed E-state index contributed by atoms with van der Waals surface area (Å²) in [4.78, 5) is 37.7. The number of hydrogen-bond acceptors (Lipinski definition) is 6. The molecule has 0 bridgehead atoms. The smallest absolute Gasteiger partial charge is 0.306 e. The van der Waals surface area contributed by atoms with Crippen LogP contribution in [-0.2, 0) is 28.6 Å². The summed E-state index contributed by atoms with van der Waals surface area (Å²) in [5.74, 6) is -0.949. The van der Waals surface area contributed by atoms with E-state index in [1.807, 2.05) is 0 Å². The first-order valence-electron chi connectivity index (χ1n) is 23.1. The lowest BCUT2D eigenvalue weighted by Crippen LogP contribution is -2.30. The standard InChI is InChI=1S/C51H84O6/c1-4-7-10-13-16-19-21-23-25-27-29-32-35-38-41-44-50(53)56-47-48(46-55-49(52)43-40-37-34-31-18-15-12-9-6-3)57-51(54)45-42-39-36-33-30-28-26-24-22-20-17-14-11-8-5-2/h7-12,16-17,19-20,23-26,48H,4-6,13-15,18,21-22,27-47H2,1-3H3/b10-7-,11-8-,12-9-,19-16-,20-17-,25-23-,26-24-. The molecule has 0 radical (unpaired) electrons. The Labute approximate surface area is 350 Å². The van der Waals surface area contributed by atoms with Crippen molar-refractivity contribution in [2.45, 2.75) is 207 Å². The van der Waals surface area contributed by atoms with Crippen LogP contribution in [0, 0.1) is 0 Å². The van der Waals surface area contributed by atoms with E-state index >= 15 is 0 Å². The van der Waals surface area contributed by atoms with Crippen LogP contribution in [0.25, 0.3) is 0 Å². The van der Waals surface area contributed by atoms with Crippen molar-refractivity contribution in [3.05, 3.63) is 85.1 Å². The van der Waals surface area contributed by atoms with E-state index in [1.54, 1.807) is 0 Å². The number of unbranched alkanes of at least 4 members (excludes halogenated alkanes) is 15. The molecule has 324 valence electrons. The molecule has 0 amide bonds. The maximum Gasteiger partial charge on any atom is 0.306 e. The van der Waals surface area contributed by atoms with Crippen LogP contribution < -0.4 is 0 Å². The van der Waals surface area contributed by atoms with Crippen LogP contribution in [0.15, 0.2) is 85.1 Å². The van der Waals surface area contributed by atoms with Crippen LogP contribution in [0.5, 0.6) is 0 Å². The van der Waals surface area contributed by atoms with E-state index < -0.39 is 6.10 Å². The second kappa shape index (κ2) is 45.3. The third kappa shape index (κ3) is 43.6. The average Bonchev–Trinajstić information content (AvgIpc) is 3.21. The van der Waals surface area contributed by atoms with Crippen molar-refractivity contribution >= 4 is 17.9 Å². The minimum atomic E-state index is -0.794. The fourth-order valence-electron chi connectivity index (χ4n) is 6.00. The third-order valence-corrected chi connectivity index (χ3v) is 9.38. The fraction of sp³-hybridized carbons (Fsp3) is 0.667. The molecule has 1 unspecified atom stereocenters. The van der Waals surface area contributed by atoms with Gasteiger partial charge in [0.15, 0.2) is 6.10 Å². The van der Waals surface area contributed by atoms with Crippen molar-refractivity contribution in [1.82, 2.24) is 0 Å². The topological polar surface area (TPSA) is 78.9 Å². The monoisotopic (exact) mass is 793 g/mol. The zero-order valence-electron chi connectivity index (χ0n) is 36.8. The van der Waals surface area contributed by atoms with Crippen molar-refractivity contribution < 1.29 is 28.6 Å². The molecular formula is C51H84O6. The van der Waals surface area contributed by atoms with Crippen LogP contribution in [0.3, 0.4) is 0 Å². The van der Waals surface area contributed by atoms with Gasteiger partial charge >= 0.3 is 17.9 Å². The first-order valence-corrected chi connectivity index (χ1v) is 23.1. The molecule has 0 aliphatic carbocycles. The van der Waals surface area contributed by atoms with E-state index in [0.29, 0.717) is 19.3 Å². The van der Waals surface area contributed by atoms with Gasteiger partial charge in [0, 0.05) is 19.3 Å². The molecule has 0 aliphatic rings. The largest absolute Gasteiger partial charge is 0.462 e. The highest BCUT2D eigenvalue weighted by molar-refractivity contribution is 5.71. The van der Waals surface area contributed by atoms with E-state index in [4.69, 9.17) is 14.2 Å². The number of allylic oxidation sites excluding steroid dienone is 14. The Balaban J connectivity index is 4.43. The van der Waals surface area contributed by atoms with Gasteiger partial charge in [0.25, 0.3) is 0 Å². The lowest BCUT2D eigenvalue weighted by molar-refractivity contribution is -0.167. The molecule has 0 N–H and O–H groups in total. The summed E-state index contributed by atoms with van der Waals surface area (Å²) < 4.78 is 16.7. The number of carbonyl (C=O) groups excluding carboxylic acids is 3. The van der Waals surface area contributed by atoms with Gasteiger partial charge in [-0.3, -0.25) is 14.4 Å². The Bertz CT molecular complexity index is 1140. The molecular weight excluding hydrogens is 709 g/mol. The summed E-state index contributed by atoms with van der Waals surface area (Å²) in [6.45, 7) is 6.25. The van der Waals surface area contributed by atoms with Gasteiger partial charge in [-0.1, -0.05) is 164 Å². The predicted molar refractivity (Wildman–Crippen MR) is 242 cm³/mol. The molecule has 0 heterocycles. The maximum atomic E-state index is 12.7. The Hall–Kier alpha value is -3.41. The van der Waals surface area contributed by atoms with Crippen LogP contribution in [-0.4, -0.2) is 37.2 Å². The third-order valence-electron chi connectivity index (χ3n) is 9.38. The zero-order valence-corrected chi connectivity index (χ0v) is 36.8. The fourth-order valence-corrected chi connectivity index (χ4v) is 6.00. The second-order valence-electron chi connectivity index (χ2n) is 14.9. The van der Waals surface area contributed by atoms with Gasteiger partial charge in [0.05, 0.1) is 0 Å². The summed E-state index contributed by atoms with van der Waals surface area (Å²) in [6, 6.07) is 0. The van der Waals surface area contributed by atoms with Crippen LogP contribution in [0.2, 0.25) is 0 Å². The van der Waals surface area contributed by atoms with Crippen LogP contribution in [0.4, 0.5) is 0 Å². The van der Waals surface area contributed by atoms with Crippen LogP contribution in [0.1, 0.15) is 201 Å². The summed E-state index contributed by atoms with van der Waals surface area (Å²) in [5.41, 5.74) is 0. The molecule has 0 rings (SSSR count). The highest BCUT2D eigenvalue weighted by Gasteiger charge is 2.19. The second-order valence-corrected chi connectivity index (χ2v) is 14.9. The molecule has 0 aromatic heterocycles. The van der Waals surface area contributed by atoms with Crippen molar-refractivity contribution in [1.29, 1.82) is 0 Å². The summed E-state index contributed by atoms with van der Waals surface area (Å²) >= 11 is 0. The van der Waals surface area contributed by atoms with Crippen molar-refractivity contribution in [3.63, 3.8) is 0 Å². The van der Waals surface area contributed by atoms with Crippen LogP contribution >= 0.6 is 0 Å². The molecule has 57 heavy (non-hydrogen) atoms. The van der Waals surface area contributed by atoms with Gasteiger partial charge in [-0.15, -0.1) is 0 Å². The highest BCUT2D eigenvalue weighted by Crippen LogP contribution is 2.13. The molecule has 0 saturated carbocycles. The van der Waals surface area contributed by atoms with Gasteiger partial charge in [-0.2, -0.15) is 0 Å². The minimum absolute atomic E-state index is 0.0954. The molecule has 0 spiro atoms. The van der Waals surface area contributed by atoms with E-state index in [0.717, 1.165) is 154 Å². The van der Waals surface area contributed by atoms with Gasteiger partial charge in [0.2, 0.25) is 0 Å². The molecule has 0 aliphatic heterocycles. The first-order chi connectivity index (χ1) is 28.0. The van der Waals surface area contributed by atoms with Gasteiger partial charge in [0.1, 0.15) is 13.2 Å². The SMILES string of the molecule is CC/C=C\C/C=C\C/C=C\CCCCCCCC(=O)OCC(COC(=O)CCCCCCC/C=C\CC)OC(=O)CCCCCCC/C=C\C/C=C\C/C=C\CC. The molecule has 6 heteroatoms. The van der Waals surface area contributed by atoms with Crippen molar-refractivity contribution in [2.24, 2.45) is 0 Å². The first kappa shape index (κ1) is 53.6. The van der Waals surface area contributed by atoms with E-state index in [1.165, 1.54) is 6.42 Å². The summed E-state index contributed by atoms with van der Waals surface area (Å²) in [6.07, 6.45) is 57.1. The summed E-state index contributed by atoms with van der Waals surface area (Å²) in [7, 11) is 0. The lowest BCUT2D eigenvalue weighted by Gasteiger charge is -2.18. The number of esters is 3. The Morgan fingerprint density at radius 3 is 1.02 bits per heavy atom. The van der Waals surface area contributed by atoms with E-state index in [9.17, 15) is 14.4 Å². The summed E-state index contributed by atoms with van der Waals surface area (Å²) in [5, 5.41) is 0.